The van der Waals surface area contributed by atoms with Crippen LogP contribution in [0.4, 0.5) is 10.5 Å². The predicted octanol–water partition coefficient (Wildman–Crippen LogP) is 3.57. The number of aromatic nitrogens is 3. The van der Waals surface area contributed by atoms with E-state index in [0.717, 1.165) is 33.1 Å². The lowest BCUT2D eigenvalue weighted by atomic mass is 10.2. The number of fused-ring (bicyclic) bond motifs is 4. The maximum atomic E-state index is 11.8. The van der Waals surface area contributed by atoms with Crippen LogP contribution in [0.25, 0.3) is 33.1 Å². The van der Waals surface area contributed by atoms with Crippen LogP contribution in [0.15, 0.2) is 55.1 Å². The molecule has 0 spiro atoms. The van der Waals surface area contributed by atoms with Crippen LogP contribution in [-0.4, -0.2) is 27.5 Å². The molecular weight excluding hydrogens is 302 g/mol. The molecule has 0 aliphatic heterocycles. The lowest BCUT2D eigenvalue weighted by Gasteiger charge is -2.05. The topological polar surface area (TPSA) is 82.7 Å². The number of rotatable bonds is 3. The van der Waals surface area contributed by atoms with E-state index in [-0.39, 0.29) is 6.03 Å². The number of benzene rings is 2. The number of urea groups is 1. The van der Waals surface area contributed by atoms with Crippen LogP contribution in [0, 0.1) is 0 Å². The smallest absolute Gasteiger partial charge is 0.319 e. The molecule has 6 nitrogen and oxygen atoms in total. The van der Waals surface area contributed by atoms with Crippen molar-refractivity contribution in [2.24, 2.45) is 0 Å². The molecule has 3 N–H and O–H groups in total. The zero-order valence-electron chi connectivity index (χ0n) is 12.8. The molecule has 0 atom stereocenters. The first-order valence-corrected chi connectivity index (χ1v) is 7.58. The fourth-order valence-electron chi connectivity index (χ4n) is 2.67. The Morgan fingerprint density at radius 1 is 1.17 bits per heavy atom. The van der Waals surface area contributed by atoms with E-state index in [2.05, 4.69) is 27.2 Å². The lowest BCUT2D eigenvalue weighted by Crippen LogP contribution is -2.28. The van der Waals surface area contributed by atoms with Crippen LogP contribution in [0.5, 0.6) is 0 Å². The summed E-state index contributed by atoms with van der Waals surface area (Å²) < 4.78 is 0. The maximum Gasteiger partial charge on any atom is 0.319 e. The summed E-state index contributed by atoms with van der Waals surface area (Å²) in [6.45, 7) is 3.99. The lowest BCUT2D eigenvalue weighted by molar-refractivity contribution is 0.253. The van der Waals surface area contributed by atoms with Crippen molar-refractivity contribution in [2.45, 2.75) is 0 Å². The van der Waals surface area contributed by atoms with Gasteiger partial charge >= 0.3 is 6.03 Å². The average molecular weight is 317 g/mol. The predicted molar refractivity (Wildman–Crippen MR) is 96.1 cm³/mol. The van der Waals surface area contributed by atoms with Crippen LogP contribution < -0.4 is 10.6 Å². The fourth-order valence-corrected chi connectivity index (χ4v) is 2.67. The number of nitrogens with zero attached hydrogens (tertiary/aromatic N) is 2. The molecule has 6 heteroatoms. The van der Waals surface area contributed by atoms with E-state index < -0.39 is 0 Å². The van der Waals surface area contributed by atoms with Gasteiger partial charge < -0.3 is 15.6 Å². The molecule has 0 unspecified atom stereocenters. The number of hydrogen-bond donors (Lipinski definition) is 3. The van der Waals surface area contributed by atoms with Gasteiger partial charge in [-0.2, -0.15) is 0 Å². The second-order valence-corrected chi connectivity index (χ2v) is 5.42. The zero-order valence-corrected chi connectivity index (χ0v) is 12.8. The minimum atomic E-state index is -0.273. The molecular formula is C18H15N5O. The van der Waals surface area contributed by atoms with Gasteiger partial charge in [0.1, 0.15) is 5.52 Å². The molecule has 0 saturated carbocycles. The van der Waals surface area contributed by atoms with Crippen molar-refractivity contribution in [3.05, 3.63) is 55.1 Å². The standard InChI is InChI=1S/C18H15N5O/c1-2-9-19-18(24)20-11-7-8-13-12(10-11)16-17(22-13)23-15-6-4-3-5-14(15)21-16/h2-8,10H,1,9H2,(H,22,23)(H2,19,20,24). The Hall–Kier alpha value is -3.41. The van der Waals surface area contributed by atoms with Gasteiger partial charge in [-0.05, 0) is 30.3 Å². The Morgan fingerprint density at radius 2 is 1.96 bits per heavy atom. The Labute approximate surface area is 137 Å². The third kappa shape index (κ3) is 2.44. The molecule has 0 bridgehead atoms. The number of anilines is 1. The molecule has 0 fully saturated rings. The van der Waals surface area contributed by atoms with Gasteiger partial charge in [0, 0.05) is 23.1 Å². The molecule has 0 saturated heterocycles. The van der Waals surface area contributed by atoms with Gasteiger partial charge in [-0.15, -0.1) is 6.58 Å². The van der Waals surface area contributed by atoms with E-state index in [4.69, 9.17) is 4.98 Å². The molecule has 4 rings (SSSR count). The van der Waals surface area contributed by atoms with E-state index in [1.165, 1.54) is 0 Å². The Morgan fingerprint density at radius 3 is 2.75 bits per heavy atom. The molecule has 2 aromatic heterocycles. The number of carbonyl (C=O) groups is 1. The summed E-state index contributed by atoms with van der Waals surface area (Å²) >= 11 is 0. The van der Waals surface area contributed by atoms with Crippen molar-refractivity contribution in [1.82, 2.24) is 20.3 Å². The Kier molecular flexibility index (Phi) is 3.35. The highest BCUT2D eigenvalue weighted by Gasteiger charge is 2.10. The van der Waals surface area contributed by atoms with E-state index in [1.54, 1.807) is 6.08 Å². The SMILES string of the molecule is C=CCNC(=O)Nc1ccc2[nH]c3nc4ccccc4nc3c2c1. The summed E-state index contributed by atoms with van der Waals surface area (Å²) in [5, 5.41) is 6.40. The van der Waals surface area contributed by atoms with Crippen LogP contribution in [0.3, 0.4) is 0 Å². The number of para-hydroxylation sites is 2. The molecule has 0 aliphatic rings. The van der Waals surface area contributed by atoms with E-state index in [9.17, 15) is 4.79 Å². The second-order valence-electron chi connectivity index (χ2n) is 5.42. The second kappa shape index (κ2) is 5.66. The molecule has 0 aliphatic carbocycles. The van der Waals surface area contributed by atoms with Gasteiger partial charge in [-0.1, -0.05) is 18.2 Å². The average Bonchev–Trinajstić information content (AvgIpc) is 2.95. The van der Waals surface area contributed by atoms with Crippen molar-refractivity contribution in [2.75, 3.05) is 11.9 Å². The normalized spacial score (nSPS) is 11.0. The summed E-state index contributed by atoms with van der Waals surface area (Å²) in [5.41, 5.74) is 4.83. The largest absolute Gasteiger partial charge is 0.338 e. The third-order valence-electron chi connectivity index (χ3n) is 3.76. The highest BCUT2D eigenvalue weighted by molar-refractivity contribution is 6.07. The number of amides is 2. The number of H-pyrrole nitrogens is 1. The Bertz CT molecular complexity index is 1080. The van der Waals surface area contributed by atoms with Crippen molar-refractivity contribution >= 4 is 44.8 Å². The molecule has 24 heavy (non-hydrogen) atoms. The van der Waals surface area contributed by atoms with Gasteiger partial charge in [0.2, 0.25) is 0 Å². The van der Waals surface area contributed by atoms with Gasteiger partial charge in [-0.25, -0.2) is 14.8 Å². The third-order valence-corrected chi connectivity index (χ3v) is 3.76. The number of hydrogen-bond acceptors (Lipinski definition) is 3. The fraction of sp³-hybridized carbons (Fsp3) is 0.0556. The van der Waals surface area contributed by atoms with Gasteiger partial charge in [-0.3, -0.25) is 0 Å². The first-order valence-electron chi connectivity index (χ1n) is 7.58. The molecule has 0 radical (unpaired) electrons. The molecule has 2 heterocycles. The summed E-state index contributed by atoms with van der Waals surface area (Å²) in [6.07, 6.45) is 1.63. The summed E-state index contributed by atoms with van der Waals surface area (Å²) in [6, 6.07) is 13.1. The highest BCUT2D eigenvalue weighted by atomic mass is 16.2. The van der Waals surface area contributed by atoms with Crippen LogP contribution in [-0.2, 0) is 0 Å². The van der Waals surface area contributed by atoms with E-state index >= 15 is 0 Å². The molecule has 118 valence electrons. The van der Waals surface area contributed by atoms with Crippen LogP contribution >= 0.6 is 0 Å². The summed E-state index contributed by atoms with van der Waals surface area (Å²) in [7, 11) is 0. The molecule has 2 aromatic carbocycles. The minimum Gasteiger partial charge on any atom is -0.338 e. The van der Waals surface area contributed by atoms with Gasteiger partial charge in [0.15, 0.2) is 5.65 Å². The van der Waals surface area contributed by atoms with Crippen molar-refractivity contribution in [3.63, 3.8) is 0 Å². The van der Waals surface area contributed by atoms with Crippen LogP contribution in [0.1, 0.15) is 0 Å². The summed E-state index contributed by atoms with van der Waals surface area (Å²) in [5.74, 6) is 0. The van der Waals surface area contributed by atoms with E-state index in [0.29, 0.717) is 12.2 Å². The zero-order chi connectivity index (χ0) is 16.5. The molecule has 2 amide bonds. The van der Waals surface area contributed by atoms with Crippen molar-refractivity contribution < 1.29 is 4.79 Å². The highest BCUT2D eigenvalue weighted by Crippen LogP contribution is 2.27. The first kappa shape index (κ1) is 14.2. The monoisotopic (exact) mass is 317 g/mol. The number of aromatic amines is 1. The van der Waals surface area contributed by atoms with Crippen molar-refractivity contribution in [1.29, 1.82) is 0 Å². The quantitative estimate of drug-likeness (QED) is 0.505. The van der Waals surface area contributed by atoms with Crippen molar-refractivity contribution in [3.8, 4) is 0 Å². The van der Waals surface area contributed by atoms with Gasteiger partial charge in [0.25, 0.3) is 0 Å². The maximum absolute atomic E-state index is 11.8. The first-order chi connectivity index (χ1) is 11.7. The number of carbonyl (C=O) groups excluding carboxylic acids is 1. The molecule has 4 aromatic rings. The number of nitrogens with one attached hydrogen (secondary N) is 3. The van der Waals surface area contributed by atoms with E-state index in [1.807, 2.05) is 42.5 Å². The van der Waals surface area contributed by atoms with Crippen LogP contribution in [0.2, 0.25) is 0 Å². The minimum absolute atomic E-state index is 0.273. The van der Waals surface area contributed by atoms with Gasteiger partial charge in [0.05, 0.1) is 11.0 Å². The Balaban J connectivity index is 1.80. The summed E-state index contributed by atoms with van der Waals surface area (Å²) in [4.78, 5) is 24.4.